The van der Waals surface area contributed by atoms with Crippen LogP contribution in [0.2, 0.25) is 0 Å². The molecule has 6 nitrogen and oxygen atoms in total. The minimum absolute atomic E-state index is 0.125. The van der Waals surface area contributed by atoms with Crippen LogP contribution in [-0.4, -0.2) is 35.6 Å². The smallest absolute Gasteiger partial charge is 0.322 e. The lowest BCUT2D eigenvalue weighted by Crippen LogP contribution is -2.28. The molecule has 1 amide bonds. The Hall–Kier alpha value is -3.15. The Kier molecular flexibility index (Phi) is 30.4. The van der Waals surface area contributed by atoms with Crippen molar-refractivity contribution in [1.82, 2.24) is 5.32 Å². The molecule has 0 fully saturated rings. The zero-order chi connectivity index (χ0) is 32.4. The van der Waals surface area contributed by atoms with Gasteiger partial charge in [-0.25, -0.2) is 0 Å². The quantitative estimate of drug-likeness (QED) is 0.0499. The largest absolute Gasteiger partial charge is 0.480 e. The van der Waals surface area contributed by atoms with Gasteiger partial charge in [-0.2, -0.15) is 0 Å². The normalized spacial score (nSPS) is 13.0. The average Bonchev–Trinajstić information content (AvgIpc) is 3.00. The Morgan fingerprint density at radius 1 is 0.636 bits per heavy atom. The second-order valence-corrected chi connectivity index (χ2v) is 11.0. The van der Waals surface area contributed by atoms with Gasteiger partial charge in [0, 0.05) is 12.8 Å². The molecule has 0 aliphatic carbocycles. The van der Waals surface area contributed by atoms with E-state index in [-0.39, 0.29) is 24.5 Å². The topological polar surface area (TPSA) is 92.7 Å². The van der Waals surface area contributed by atoms with Crippen molar-refractivity contribution in [2.75, 3.05) is 6.54 Å². The summed E-state index contributed by atoms with van der Waals surface area (Å²) in [4.78, 5) is 34.6. The third-order valence-corrected chi connectivity index (χ3v) is 6.85. The molecule has 0 saturated heterocycles. The third kappa shape index (κ3) is 31.8. The maximum atomic E-state index is 12.5. The number of amides is 1. The summed E-state index contributed by atoms with van der Waals surface area (Å²) in [7, 11) is 0. The van der Waals surface area contributed by atoms with Gasteiger partial charge in [-0.3, -0.25) is 14.4 Å². The number of esters is 1. The molecule has 44 heavy (non-hydrogen) atoms. The number of carboxylic acids is 1. The average molecular weight is 612 g/mol. The highest BCUT2D eigenvalue weighted by Crippen LogP contribution is 2.14. The van der Waals surface area contributed by atoms with Gasteiger partial charge < -0.3 is 15.2 Å². The molecular weight excluding hydrogens is 550 g/mol. The van der Waals surface area contributed by atoms with Gasteiger partial charge in [0.1, 0.15) is 12.6 Å². The van der Waals surface area contributed by atoms with Crippen molar-refractivity contribution in [2.45, 2.75) is 142 Å². The number of carboxylic acid groups (broad SMARTS) is 1. The number of hydrogen-bond donors (Lipinski definition) is 2. The van der Waals surface area contributed by atoms with Crippen LogP contribution in [0.3, 0.4) is 0 Å². The van der Waals surface area contributed by atoms with Gasteiger partial charge in [0.2, 0.25) is 5.91 Å². The first-order valence-electron chi connectivity index (χ1n) is 17.1. The summed E-state index contributed by atoms with van der Waals surface area (Å²) in [5.41, 5.74) is 0. The van der Waals surface area contributed by atoms with Crippen molar-refractivity contribution in [3.05, 3.63) is 72.9 Å². The number of carbonyl (C=O) groups is 3. The SMILES string of the molecule is CC/C=C\C/C=C\C/C=C\C/C=C\C/C=C\CCCCCC(=O)OC(/C=C\CCCC)CCCCCCC(=O)NCC(=O)O. The van der Waals surface area contributed by atoms with Crippen molar-refractivity contribution in [1.29, 1.82) is 0 Å². The van der Waals surface area contributed by atoms with E-state index >= 15 is 0 Å². The lowest BCUT2D eigenvalue weighted by molar-refractivity contribution is -0.147. The van der Waals surface area contributed by atoms with E-state index in [1.807, 2.05) is 6.08 Å². The number of allylic oxidation sites excluding steroid dienone is 11. The number of rotatable bonds is 29. The molecule has 248 valence electrons. The second-order valence-electron chi connectivity index (χ2n) is 11.0. The Labute approximate surface area is 268 Å². The molecule has 2 N–H and O–H groups in total. The van der Waals surface area contributed by atoms with Gasteiger partial charge in [0.25, 0.3) is 0 Å². The lowest BCUT2D eigenvalue weighted by Gasteiger charge is -2.15. The van der Waals surface area contributed by atoms with Crippen LogP contribution in [0.1, 0.15) is 136 Å². The molecule has 0 aliphatic heterocycles. The lowest BCUT2D eigenvalue weighted by atomic mass is 10.1. The number of nitrogens with one attached hydrogen (secondary N) is 1. The third-order valence-electron chi connectivity index (χ3n) is 6.85. The summed E-state index contributed by atoms with van der Waals surface area (Å²) < 4.78 is 5.79. The highest BCUT2D eigenvalue weighted by Gasteiger charge is 2.11. The summed E-state index contributed by atoms with van der Waals surface area (Å²) in [6, 6.07) is 0. The summed E-state index contributed by atoms with van der Waals surface area (Å²) in [5, 5.41) is 11.0. The molecule has 0 rings (SSSR count). The van der Waals surface area contributed by atoms with Gasteiger partial charge in [0.05, 0.1) is 0 Å². The number of carbonyl (C=O) groups excluding carboxylic acids is 2. The van der Waals surface area contributed by atoms with Crippen molar-refractivity contribution in [2.24, 2.45) is 0 Å². The number of hydrogen-bond acceptors (Lipinski definition) is 4. The highest BCUT2D eigenvalue weighted by molar-refractivity contribution is 5.80. The molecule has 0 spiro atoms. The van der Waals surface area contributed by atoms with Crippen LogP contribution in [-0.2, 0) is 19.1 Å². The first-order chi connectivity index (χ1) is 21.5. The van der Waals surface area contributed by atoms with E-state index in [1.165, 1.54) is 0 Å². The summed E-state index contributed by atoms with van der Waals surface area (Å²) in [6.45, 7) is 3.98. The predicted octanol–water partition coefficient (Wildman–Crippen LogP) is 9.89. The predicted molar refractivity (Wildman–Crippen MR) is 184 cm³/mol. The fraction of sp³-hybridized carbons (Fsp3) is 0.605. The van der Waals surface area contributed by atoms with Gasteiger partial charge in [-0.1, -0.05) is 113 Å². The van der Waals surface area contributed by atoms with E-state index in [1.54, 1.807) is 0 Å². The van der Waals surface area contributed by atoms with Gasteiger partial charge in [-0.05, 0) is 83.1 Å². The summed E-state index contributed by atoms with van der Waals surface area (Å²) >= 11 is 0. The molecule has 0 aromatic rings. The molecule has 1 unspecified atom stereocenters. The van der Waals surface area contributed by atoms with Crippen LogP contribution >= 0.6 is 0 Å². The van der Waals surface area contributed by atoms with Crippen LogP contribution in [0.5, 0.6) is 0 Å². The van der Waals surface area contributed by atoms with E-state index < -0.39 is 5.97 Å². The van der Waals surface area contributed by atoms with Crippen LogP contribution in [0.15, 0.2) is 72.9 Å². The molecule has 0 heterocycles. The van der Waals surface area contributed by atoms with Crippen molar-refractivity contribution in [3.8, 4) is 0 Å². The van der Waals surface area contributed by atoms with Crippen LogP contribution < -0.4 is 5.32 Å². The molecule has 0 aromatic heterocycles. The van der Waals surface area contributed by atoms with Crippen LogP contribution in [0.4, 0.5) is 0 Å². The summed E-state index contributed by atoms with van der Waals surface area (Å²) in [5.74, 6) is -1.39. The fourth-order valence-corrected chi connectivity index (χ4v) is 4.32. The standard InChI is InChI=1S/C38H61NO5/c1-3-5-7-9-10-11-12-13-14-15-16-17-18-19-20-21-22-23-29-33-38(43)44-35(30-26-8-6-4-2)31-27-24-25-28-32-36(40)39-34-37(41)42/h5,7,10-11,13-14,16-17,19-20,26,30,35H,3-4,6,8-9,12,15,18,21-25,27-29,31-34H2,1-2H3,(H,39,40)(H,41,42)/b7-5-,11-10-,14-13-,17-16-,20-19-,30-26-. The zero-order valence-corrected chi connectivity index (χ0v) is 27.7. The van der Waals surface area contributed by atoms with E-state index in [0.717, 1.165) is 109 Å². The van der Waals surface area contributed by atoms with Gasteiger partial charge in [-0.15, -0.1) is 0 Å². The first-order valence-corrected chi connectivity index (χ1v) is 17.1. The van der Waals surface area contributed by atoms with Crippen molar-refractivity contribution < 1.29 is 24.2 Å². The minimum atomic E-state index is -1.03. The van der Waals surface area contributed by atoms with E-state index in [0.29, 0.717) is 12.8 Å². The first kappa shape index (κ1) is 40.9. The van der Waals surface area contributed by atoms with Gasteiger partial charge in [0.15, 0.2) is 0 Å². The molecule has 0 bridgehead atoms. The van der Waals surface area contributed by atoms with Crippen LogP contribution in [0.25, 0.3) is 0 Å². The fourth-order valence-electron chi connectivity index (χ4n) is 4.32. The Morgan fingerprint density at radius 2 is 1.18 bits per heavy atom. The van der Waals surface area contributed by atoms with Gasteiger partial charge >= 0.3 is 11.9 Å². The maximum absolute atomic E-state index is 12.5. The number of unbranched alkanes of at least 4 members (excludes halogenated alkanes) is 8. The molecule has 6 heteroatoms. The second kappa shape index (κ2) is 32.8. The summed E-state index contributed by atoms with van der Waals surface area (Å²) in [6.07, 6.45) is 43.4. The minimum Gasteiger partial charge on any atom is -0.480 e. The van der Waals surface area contributed by atoms with E-state index in [9.17, 15) is 14.4 Å². The highest BCUT2D eigenvalue weighted by atomic mass is 16.5. The van der Waals surface area contributed by atoms with E-state index in [4.69, 9.17) is 9.84 Å². The molecule has 0 aliphatic rings. The zero-order valence-electron chi connectivity index (χ0n) is 27.7. The Morgan fingerprint density at radius 3 is 1.80 bits per heavy atom. The molecule has 0 saturated carbocycles. The van der Waals surface area contributed by atoms with Crippen molar-refractivity contribution in [3.63, 3.8) is 0 Å². The van der Waals surface area contributed by atoms with Crippen molar-refractivity contribution >= 4 is 17.8 Å². The number of ether oxygens (including phenoxy) is 1. The number of aliphatic carboxylic acids is 1. The molecule has 0 aromatic carbocycles. The Bertz CT molecular complexity index is 897. The molecule has 1 atom stereocenters. The maximum Gasteiger partial charge on any atom is 0.322 e. The Balaban J connectivity index is 4.03. The molecule has 0 radical (unpaired) electrons. The van der Waals surface area contributed by atoms with Crippen LogP contribution in [0, 0.1) is 0 Å². The molecular formula is C38H61NO5. The van der Waals surface area contributed by atoms with E-state index in [2.05, 4.69) is 86.0 Å². The monoisotopic (exact) mass is 611 g/mol.